The molecule has 0 bridgehead atoms. The van der Waals surface area contributed by atoms with Crippen molar-refractivity contribution < 1.29 is 32.3 Å². The Morgan fingerprint density at radius 2 is 1.92 bits per heavy atom. The van der Waals surface area contributed by atoms with Gasteiger partial charge in [0.25, 0.3) is 5.91 Å². The number of piperazine rings is 1. The number of oxazole rings is 1. The average molecular weight is 548 g/mol. The quantitative estimate of drug-likeness (QED) is 0.461. The lowest BCUT2D eigenvalue weighted by Crippen LogP contribution is -2.57. The summed E-state index contributed by atoms with van der Waals surface area (Å²) in [6, 6.07) is 3.50. The van der Waals surface area contributed by atoms with Gasteiger partial charge in [0, 0.05) is 37.8 Å². The van der Waals surface area contributed by atoms with Gasteiger partial charge in [-0.2, -0.15) is 8.78 Å². The molecule has 212 valence electrons. The zero-order valence-electron chi connectivity index (χ0n) is 22.2. The minimum Gasteiger partial charge on any atom is -0.489 e. The van der Waals surface area contributed by atoms with Crippen molar-refractivity contribution in [1.29, 1.82) is 0 Å². The fraction of sp³-hybridized carbons (Fsp3) is 0.593. The molecule has 3 amide bonds. The van der Waals surface area contributed by atoms with Crippen LogP contribution >= 0.6 is 0 Å². The van der Waals surface area contributed by atoms with Crippen LogP contribution in [-0.2, 0) is 0 Å². The van der Waals surface area contributed by atoms with E-state index in [4.69, 9.17) is 14.9 Å². The van der Waals surface area contributed by atoms with Gasteiger partial charge < -0.3 is 34.7 Å². The molecule has 2 atom stereocenters. The minimum absolute atomic E-state index is 0.0855. The molecule has 0 unspecified atom stereocenters. The topological polar surface area (TPSA) is 123 Å². The molecule has 3 fully saturated rings. The number of nitrogens with one attached hydrogen (secondary N) is 1. The Hall–Kier alpha value is -3.41. The average Bonchev–Trinajstić information content (AvgIpc) is 3.84. The van der Waals surface area contributed by atoms with Crippen molar-refractivity contribution in [2.45, 2.75) is 58.2 Å². The molecule has 1 aromatic heterocycles. The van der Waals surface area contributed by atoms with Crippen molar-refractivity contribution in [3.05, 3.63) is 29.7 Å². The first kappa shape index (κ1) is 27.2. The Morgan fingerprint density at radius 3 is 2.56 bits per heavy atom. The van der Waals surface area contributed by atoms with Crippen molar-refractivity contribution in [2.24, 2.45) is 17.6 Å². The Bertz CT molecular complexity index is 1200. The zero-order chi connectivity index (χ0) is 27.7. The van der Waals surface area contributed by atoms with E-state index in [1.165, 1.54) is 18.2 Å². The van der Waals surface area contributed by atoms with E-state index in [9.17, 15) is 18.4 Å². The Labute approximate surface area is 225 Å². The third-order valence-corrected chi connectivity index (χ3v) is 7.26. The summed E-state index contributed by atoms with van der Waals surface area (Å²) < 4.78 is 42.2. The summed E-state index contributed by atoms with van der Waals surface area (Å²) in [6.07, 6.45) is 4.38. The maximum atomic E-state index is 13.5. The van der Waals surface area contributed by atoms with Gasteiger partial charge in [-0.05, 0) is 69.6 Å². The van der Waals surface area contributed by atoms with E-state index in [0.717, 1.165) is 25.7 Å². The number of urea groups is 1. The molecule has 1 aromatic carbocycles. The van der Waals surface area contributed by atoms with Crippen LogP contribution in [0.15, 0.2) is 22.6 Å². The number of carbonyl (C=O) groups excluding carboxylic acids is 2. The van der Waals surface area contributed by atoms with Gasteiger partial charge in [0.2, 0.25) is 5.89 Å². The molecule has 1 aliphatic heterocycles. The predicted octanol–water partition coefficient (Wildman–Crippen LogP) is 4.02. The lowest BCUT2D eigenvalue weighted by molar-refractivity contribution is -0.0515. The number of amides is 3. The first-order chi connectivity index (χ1) is 18.7. The van der Waals surface area contributed by atoms with Gasteiger partial charge in [0.1, 0.15) is 0 Å². The zero-order valence-corrected chi connectivity index (χ0v) is 22.2. The van der Waals surface area contributed by atoms with Gasteiger partial charge in [0.05, 0.1) is 12.6 Å². The van der Waals surface area contributed by atoms with E-state index in [1.807, 2.05) is 6.92 Å². The molecule has 2 saturated carbocycles. The predicted molar refractivity (Wildman–Crippen MR) is 138 cm³/mol. The molecular weight excluding hydrogens is 512 g/mol. The van der Waals surface area contributed by atoms with Gasteiger partial charge in [-0.25, -0.2) is 9.78 Å². The molecule has 2 heterocycles. The number of benzene rings is 1. The molecule has 12 heteroatoms. The number of hydrogen-bond donors (Lipinski definition) is 2. The highest BCUT2D eigenvalue weighted by atomic mass is 19.3. The maximum Gasteiger partial charge on any atom is 0.387 e. The van der Waals surface area contributed by atoms with Crippen LogP contribution in [0.3, 0.4) is 0 Å². The summed E-state index contributed by atoms with van der Waals surface area (Å²) in [7, 11) is 0. The molecule has 2 aromatic rings. The summed E-state index contributed by atoms with van der Waals surface area (Å²) in [5, 5.41) is 2.98. The van der Waals surface area contributed by atoms with Crippen LogP contribution < -0.4 is 20.5 Å². The van der Waals surface area contributed by atoms with Crippen molar-refractivity contribution in [3.63, 3.8) is 0 Å². The molecule has 0 spiro atoms. The van der Waals surface area contributed by atoms with Crippen LogP contribution in [0.25, 0.3) is 11.5 Å². The van der Waals surface area contributed by atoms with Crippen molar-refractivity contribution >= 4 is 11.9 Å². The molecule has 3 aliphatic rings. The number of ether oxygens (including phenoxy) is 2. The van der Waals surface area contributed by atoms with Crippen molar-refractivity contribution in [2.75, 3.05) is 32.8 Å². The van der Waals surface area contributed by atoms with Crippen LogP contribution in [0.4, 0.5) is 13.6 Å². The summed E-state index contributed by atoms with van der Waals surface area (Å²) >= 11 is 0. The normalized spacial score (nSPS) is 20.2. The van der Waals surface area contributed by atoms with E-state index in [2.05, 4.69) is 15.0 Å². The van der Waals surface area contributed by atoms with E-state index >= 15 is 0 Å². The molecular formula is C27H35F2N5O5. The second-order valence-corrected chi connectivity index (χ2v) is 10.7. The summed E-state index contributed by atoms with van der Waals surface area (Å²) in [6.45, 7) is 2.77. The van der Waals surface area contributed by atoms with Crippen LogP contribution in [0.1, 0.15) is 61.8 Å². The van der Waals surface area contributed by atoms with Gasteiger partial charge in [-0.15, -0.1) is 0 Å². The maximum absolute atomic E-state index is 13.5. The third kappa shape index (κ3) is 6.60. The lowest BCUT2D eigenvalue weighted by atomic mass is 10.1. The van der Waals surface area contributed by atoms with Gasteiger partial charge >= 0.3 is 12.6 Å². The summed E-state index contributed by atoms with van der Waals surface area (Å²) in [4.78, 5) is 34.0. The van der Waals surface area contributed by atoms with Crippen LogP contribution in [-0.4, -0.2) is 72.2 Å². The Balaban J connectivity index is 1.32. The number of carbonyl (C=O) groups is 2. The third-order valence-electron chi connectivity index (χ3n) is 7.26. The fourth-order valence-electron chi connectivity index (χ4n) is 4.61. The molecule has 10 nitrogen and oxygen atoms in total. The standard InChI is InChI=1S/C27H35F2N5O5/c1-15-13-33(9-10-34(15)27(36)31-12-17-3-4-17)25(35)22-23(16(2)30)39-24(32-22)19-7-8-20(38-26(28)29)21(11-19)37-14-18-5-6-18/h7-8,11,15-18,26H,3-6,9-10,12-14,30H2,1-2H3,(H,31,36)/t15-,16+/m1/s1. The van der Waals surface area contributed by atoms with Crippen LogP contribution in [0.2, 0.25) is 0 Å². The monoisotopic (exact) mass is 547 g/mol. The summed E-state index contributed by atoms with van der Waals surface area (Å²) in [5.41, 5.74) is 6.66. The second-order valence-electron chi connectivity index (χ2n) is 10.7. The number of halogens is 2. The Kier molecular flexibility index (Phi) is 7.92. The molecule has 39 heavy (non-hydrogen) atoms. The fourth-order valence-corrected chi connectivity index (χ4v) is 4.61. The number of nitrogens with zero attached hydrogens (tertiary/aromatic N) is 3. The molecule has 3 N–H and O–H groups in total. The number of aromatic nitrogens is 1. The van der Waals surface area contributed by atoms with Crippen LogP contribution in [0.5, 0.6) is 11.5 Å². The number of hydrogen-bond acceptors (Lipinski definition) is 7. The minimum atomic E-state index is -3.00. The van der Waals surface area contributed by atoms with E-state index in [1.54, 1.807) is 16.7 Å². The van der Waals surface area contributed by atoms with E-state index in [-0.39, 0.29) is 46.8 Å². The van der Waals surface area contributed by atoms with Crippen LogP contribution in [0, 0.1) is 11.8 Å². The van der Waals surface area contributed by atoms with Gasteiger partial charge in [0.15, 0.2) is 23.0 Å². The SMILES string of the molecule is C[C@H](N)c1oc(-c2ccc(OC(F)F)c(OCC3CC3)c2)nc1C(=O)N1CCN(C(=O)NCC2CC2)[C@H](C)C1. The number of nitrogens with two attached hydrogens (primary N) is 1. The Morgan fingerprint density at radius 1 is 1.18 bits per heavy atom. The molecule has 0 radical (unpaired) electrons. The molecule has 1 saturated heterocycles. The number of alkyl halides is 2. The van der Waals surface area contributed by atoms with E-state index < -0.39 is 12.7 Å². The largest absolute Gasteiger partial charge is 0.489 e. The highest BCUT2D eigenvalue weighted by Crippen LogP contribution is 2.37. The summed E-state index contributed by atoms with van der Waals surface area (Å²) in [5.74, 6) is 1.05. The first-order valence-electron chi connectivity index (χ1n) is 13.5. The first-order valence-corrected chi connectivity index (χ1v) is 13.5. The highest BCUT2D eigenvalue weighted by Gasteiger charge is 2.34. The van der Waals surface area contributed by atoms with E-state index in [0.29, 0.717) is 50.2 Å². The lowest BCUT2D eigenvalue weighted by Gasteiger charge is -2.39. The number of rotatable bonds is 10. The van der Waals surface area contributed by atoms with Crippen molar-refractivity contribution in [3.8, 4) is 23.0 Å². The smallest absolute Gasteiger partial charge is 0.387 e. The molecule has 5 rings (SSSR count). The van der Waals surface area contributed by atoms with Gasteiger partial charge in [-0.1, -0.05) is 0 Å². The molecule has 2 aliphatic carbocycles. The second kappa shape index (κ2) is 11.4. The highest BCUT2D eigenvalue weighted by molar-refractivity contribution is 5.94. The van der Waals surface area contributed by atoms with Crippen molar-refractivity contribution in [1.82, 2.24) is 20.1 Å². The van der Waals surface area contributed by atoms with Gasteiger partial charge in [-0.3, -0.25) is 4.79 Å².